The molecule has 2 aromatic rings. The fraction of sp³-hybridized carbons (Fsp3) is 0.346. The Hall–Kier alpha value is -3.21. The van der Waals surface area contributed by atoms with Crippen molar-refractivity contribution in [3.8, 4) is 0 Å². The molecule has 5 heteroatoms. The fourth-order valence-electron chi connectivity index (χ4n) is 3.72. The Bertz CT molecular complexity index is 1010. The number of rotatable bonds is 3. The number of para-hydroxylation sites is 1. The number of aryl methyl sites for hydroxylation is 1. The molecule has 0 spiro atoms. The van der Waals surface area contributed by atoms with Gasteiger partial charge in [0.05, 0.1) is 11.4 Å². The van der Waals surface area contributed by atoms with E-state index in [-0.39, 0.29) is 5.78 Å². The fourth-order valence-corrected chi connectivity index (χ4v) is 3.72. The number of guanidine groups is 1. The summed E-state index contributed by atoms with van der Waals surface area (Å²) in [5.74, 6) is 0.644. The lowest BCUT2D eigenvalue weighted by Crippen LogP contribution is -2.18. The molecule has 1 fully saturated rings. The zero-order chi connectivity index (χ0) is 22.4. The molecule has 0 amide bonds. The highest BCUT2D eigenvalue weighted by Crippen LogP contribution is 2.21. The predicted molar refractivity (Wildman–Crippen MR) is 130 cm³/mol. The standard InChI is InChI=1S/C16H19N3O.C10H13N/c1-10-8-6-7-9-13(10)15(20)11(2)14-12(3)17-16(18-14)19(4)5;1-2-6-10(7-3-1)11-8-4-5-9-11/h6-9H,1-5H3;1-3,6-7H,4-5,8-9H2/b14-11+;. The van der Waals surface area contributed by atoms with Crippen molar-refractivity contribution in [2.24, 2.45) is 9.98 Å². The van der Waals surface area contributed by atoms with Gasteiger partial charge in [0, 0.05) is 44.0 Å². The Labute approximate surface area is 185 Å². The third-order valence-electron chi connectivity index (χ3n) is 5.54. The summed E-state index contributed by atoms with van der Waals surface area (Å²) in [6.07, 6.45) is 2.71. The maximum atomic E-state index is 12.6. The van der Waals surface area contributed by atoms with Gasteiger partial charge in [-0.15, -0.1) is 0 Å². The quantitative estimate of drug-likeness (QED) is 0.515. The number of hydrogen-bond donors (Lipinski definition) is 0. The molecule has 5 nitrogen and oxygen atoms in total. The maximum Gasteiger partial charge on any atom is 0.225 e. The molecule has 31 heavy (non-hydrogen) atoms. The van der Waals surface area contributed by atoms with Crippen molar-refractivity contribution in [3.63, 3.8) is 0 Å². The number of benzene rings is 2. The van der Waals surface area contributed by atoms with Crippen molar-refractivity contribution >= 4 is 23.1 Å². The first-order valence-corrected chi connectivity index (χ1v) is 10.8. The second-order valence-electron chi connectivity index (χ2n) is 8.15. The largest absolute Gasteiger partial charge is 0.372 e. The highest BCUT2D eigenvalue weighted by Gasteiger charge is 2.21. The Kier molecular flexibility index (Phi) is 7.40. The van der Waals surface area contributed by atoms with Crippen LogP contribution < -0.4 is 4.90 Å². The van der Waals surface area contributed by atoms with Crippen molar-refractivity contribution in [1.82, 2.24) is 4.90 Å². The number of ketones is 1. The average Bonchev–Trinajstić information content (AvgIpc) is 3.44. The van der Waals surface area contributed by atoms with E-state index in [1.807, 2.05) is 64.0 Å². The summed E-state index contributed by atoms with van der Waals surface area (Å²) >= 11 is 0. The summed E-state index contributed by atoms with van der Waals surface area (Å²) in [5.41, 5.74) is 5.18. The summed E-state index contributed by atoms with van der Waals surface area (Å²) in [7, 11) is 3.77. The zero-order valence-corrected chi connectivity index (χ0v) is 19.2. The lowest BCUT2D eigenvalue weighted by atomic mass is 9.98. The van der Waals surface area contributed by atoms with Crippen molar-refractivity contribution < 1.29 is 4.79 Å². The van der Waals surface area contributed by atoms with Crippen molar-refractivity contribution in [2.45, 2.75) is 33.6 Å². The van der Waals surface area contributed by atoms with Crippen molar-refractivity contribution in [1.29, 1.82) is 0 Å². The van der Waals surface area contributed by atoms with Gasteiger partial charge in [-0.3, -0.25) is 4.79 Å². The van der Waals surface area contributed by atoms with E-state index < -0.39 is 0 Å². The molecule has 2 aromatic carbocycles. The van der Waals surface area contributed by atoms with Crippen molar-refractivity contribution in [2.75, 3.05) is 32.1 Å². The second kappa shape index (κ2) is 10.2. The molecule has 4 rings (SSSR count). The van der Waals surface area contributed by atoms with E-state index in [0.717, 1.165) is 16.8 Å². The molecular formula is C26H32N4O. The van der Waals surface area contributed by atoms with Gasteiger partial charge in [-0.25, -0.2) is 9.98 Å². The number of allylic oxidation sites excluding steroid dienone is 2. The summed E-state index contributed by atoms with van der Waals surface area (Å²) in [6.45, 7) is 8.11. The zero-order valence-electron chi connectivity index (χ0n) is 19.2. The van der Waals surface area contributed by atoms with E-state index in [0.29, 0.717) is 17.2 Å². The molecule has 0 N–H and O–H groups in total. The van der Waals surface area contributed by atoms with Crippen LogP contribution >= 0.6 is 0 Å². The monoisotopic (exact) mass is 416 g/mol. The van der Waals surface area contributed by atoms with E-state index in [9.17, 15) is 4.79 Å². The molecule has 0 unspecified atom stereocenters. The first kappa shape index (κ1) is 22.5. The maximum absolute atomic E-state index is 12.6. The van der Waals surface area contributed by atoms with Gasteiger partial charge < -0.3 is 9.80 Å². The summed E-state index contributed by atoms with van der Waals surface area (Å²) in [4.78, 5) is 25.7. The van der Waals surface area contributed by atoms with Crippen LogP contribution in [-0.2, 0) is 0 Å². The van der Waals surface area contributed by atoms with Crippen molar-refractivity contribution in [3.05, 3.63) is 77.0 Å². The predicted octanol–water partition coefficient (Wildman–Crippen LogP) is 5.13. The molecule has 0 radical (unpaired) electrons. The van der Waals surface area contributed by atoms with Gasteiger partial charge in [0.25, 0.3) is 0 Å². The number of hydrogen-bond acceptors (Lipinski definition) is 5. The molecule has 1 saturated heterocycles. The number of Topliss-reactive ketones (excluding diaryl/α,β-unsaturated/α-hetero) is 1. The second-order valence-corrected chi connectivity index (χ2v) is 8.15. The topological polar surface area (TPSA) is 48.3 Å². The smallest absolute Gasteiger partial charge is 0.225 e. The van der Waals surface area contributed by atoms with Crippen LogP contribution in [0.2, 0.25) is 0 Å². The molecule has 0 saturated carbocycles. The van der Waals surface area contributed by atoms with Gasteiger partial charge >= 0.3 is 0 Å². The molecule has 2 heterocycles. The van der Waals surface area contributed by atoms with Crippen LogP contribution in [0.3, 0.4) is 0 Å². The van der Waals surface area contributed by atoms with Crippen LogP contribution in [-0.4, -0.2) is 49.5 Å². The molecule has 0 aromatic heterocycles. The van der Waals surface area contributed by atoms with Gasteiger partial charge in [-0.05, 0) is 51.3 Å². The Balaban J connectivity index is 0.000000207. The lowest BCUT2D eigenvalue weighted by Gasteiger charge is -2.16. The highest BCUT2D eigenvalue weighted by atomic mass is 16.1. The number of nitrogens with zero attached hydrogens (tertiary/aromatic N) is 4. The first-order valence-electron chi connectivity index (χ1n) is 10.8. The number of anilines is 1. The summed E-state index contributed by atoms with van der Waals surface area (Å²) in [5, 5.41) is 0. The summed E-state index contributed by atoms with van der Waals surface area (Å²) in [6, 6.07) is 18.2. The molecule has 2 aliphatic heterocycles. The van der Waals surface area contributed by atoms with Crippen LogP contribution in [0.4, 0.5) is 5.69 Å². The minimum absolute atomic E-state index is 0.0106. The minimum atomic E-state index is 0.0106. The first-order chi connectivity index (χ1) is 14.9. The van der Waals surface area contributed by atoms with Crippen LogP contribution in [0.25, 0.3) is 0 Å². The average molecular weight is 417 g/mol. The van der Waals surface area contributed by atoms with Gasteiger partial charge in [-0.1, -0.05) is 42.5 Å². The third kappa shape index (κ3) is 5.48. The lowest BCUT2D eigenvalue weighted by molar-refractivity contribution is 0.103. The van der Waals surface area contributed by atoms with Crippen LogP contribution in [0, 0.1) is 6.92 Å². The number of carbonyl (C=O) groups is 1. The SMILES string of the molecule is CC1=NC(N(C)C)=N/C1=C(\C)C(=O)c1ccccc1C.c1ccc(N2CCCC2)cc1. The Morgan fingerprint density at radius 2 is 1.52 bits per heavy atom. The minimum Gasteiger partial charge on any atom is -0.372 e. The normalized spacial score (nSPS) is 16.9. The van der Waals surface area contributed by atoms with Crippen LogP contribution in [0.5, 0.6) is 0 Å². The Morgan fingerprint density at radius 3 is 2.10 bits per heavy atom. The van der Waals surface area contributed by atoms with E-state index in [2.05, 4.69) is 45.2 Å². The van der Waals surface area contributed by atoms with E-state index in [1.54, 1.807) is 0 Å². The van der Waals surface area contributed by atoms with Gasteiger partial charge in [-0.2, -0.15) is 0 Å². The summed E-state index contributed by atoms with van der Waals surface area (Å²) < 4.78 is 0. The molecular weight excluding hydrogens is 384 g/mol. The van der Waals surface area contributed by atoms with Crippen LogP contribution in [0.15, 0.2) is 75.9 Å². The van der Waals surface area contributed by atoms with Gasteiger partial charge in [0.1, 0.15) is 0 Å². The van der Waals surface area contributed by atoms with Gasteiger partial charge in [0.15, 0.2) is 5.78 Å². The molecule has 0 atom stereocenters. The Morgan fingerprint density at radius 1 is 0.903 bits per heavy atom. The number of carbonyl (C=O) groups excluding carboxylic acids is 1. The van der Waals surface area contributed by atoms with E-state index in [4.69, 9.17) is 0 Å². The molecule has 0 bridgehead atoms. The molecule has 2 aliphatic rings. The third-order valence-corrected chi connectivity index (χ3v) is 5.54. The van der Waals surface area contributed by atoms with E-state index >= 15 is 0 Å². The molecule has 0 aliphatic carbocycles. The number of aliphatic imine (C=N–C) groups is 2. The van der Waals surface area contributed by atoms with Gasteiger partial charge in [0.2, 0.25) is 5.96 Å². The van der Waals surface area contributed by atoms with Crippen LogP contribution in [0.1, 0.15) is 42.6 Å². The molecule has 162 valence electrons. The highest BCUT2D eigenvalue weighted by molar-refractivity contribution is 6.18. The van der Waals surface area contributed by atoms with E-state index in [1.165, 1.54) is 31.6 Å².